The smallest absolute Gasteiger partial charge is 0.116 e. The predicted octanol–water partition coefficient (Wildman–Crippen LogP) is 6.88. The van der Waals surface area contributed by atoms with E-state index >= 15 is 0 Å². The molecule has 1 saturated carbocycles. The normalized spacial score (nSPS) is 14.6. The Morgan fingerprint density at radius 1 is 0.577 bits per heavy atom. The van der Waals surface area contributed by atoms with E-state index in [0.717, 1.165) is 0 Å². The van der Waals surface area contributed by atoms with Gasteiger partial charge < -0.3 is 5.11 Å². The van der Waals surface area contributed by atoms with Crippen LogP contribution in [0.3, 0.4) is 0 Å². The lowest BCUT2D eigenvalue weighted by Crippen LogP contribution is -1.88. The summed E-state index contributed by atoms with van der Waals surface area (Å²) in [7, 11) is 0. The van der Waals surface area contributed by atoms with E-state index in [1.807, 2.05) is 12.1 Å². The monoisotopic (exact) mass is 334 g/mol. The molecule has 0 bridgehead atoms. The first-order chi connectivity index (χ1) is 12.8. The van der Waals surface area contributed by atoms with Crippen LogP contribution in [-0.2, 0) is 0 Å². The Labute approximate surface area is 151 Å². The fraction of sp³-hybridized carbons (Fsp3) is 0.120. The van der Waals surface area contributed by atoms with E-state index in [1.165, 1.54) is 61.5 Å². The minimum atomic E-state index is 0.338. The van der Waals surface area contributed by atoms with E-state index in [4.69, 9.17) is 0 Å². The van der Waals surface area contributed by atoms with Gasteiger partial charge in [0.1, 0.15) is 5.75 Å². The fourth-order valence-electron chi connectivity index (χ4n) is 4.47. The average Bonchev–Trinajstić information content (AvgIpc) is 3.51. The van der Waals surface area contributed by atoms with Crippen LogP contribution in [0.1, 0.15) is 24.3 Å². The quantitative estimate of drug-likeness (QED) is 0.331. The van der Waals surface area contributed by atoms with E-state index in [9.17, 15) is 5.11 Å². The molecule has 0 aromatic heterocycles. The second-order valence-corrected chi connectivity index (χ2v) is 7.51. The lowest BCUT2D eigenvalue weighted by Gasteiger charge is -2.13. The van der Waals surface area contributed by atoms with Crippen LogP contribution in [0.25, 0.3) is 43.1 Å². The molecule has 0 radical (unpaired) electrons. The maximum atomic E-state index is 10.1. The van der Waals surface area contributed by atoms with Gasteiger partial charge in [0.2, 0.25) is 0 Å². The minimum absolute atomic E-state index is 0.338. The third-order valence-corrected chi connectivity index (χ3v) is 5.89. The lowest BCUT2D eigenvalue weighted by molar-refractivity contribution is 0.476. The zero-order valence-electron chi connectivity index (χ0n) is 14.4. The summed E-state index contributed by atoms with van der Waals surface area (Å²) in [6.45, 7) is 0. The van der Waals surface area contributed by atoms with Crippen molar-refractivity contribution >= 4 is 43.1 Å². The van der Waals surface area contributed by atoms with Gasteiger partial charge in [0, 0.05) is 0 Å². The van der Waals surface area contributed by atoms with Crippen LogP contribution >= 0.6 is 0 Å². The molecule has 0 saturated heterocycles. The van der Waals surface area contributed by atoms with E-state index in [0.29, 0.717) is 11.7 Å². The maximum Gasteiger partial charge on any atom is 0.116 e. The molecular formula is C25H18O. The van der Waals surface area contributed by atoms with Gasteiger partial charge in [-0.25, -0.2) is 0 Å². The van der Waals surface area contributed by atoms with Crippen molar-refractivity contribution < 1.29 is 5.11 Å². The van der Waals surface area contributed by atoms with Crippen LogP contribution in [0.4, 0.5) is 0 Å². The third kappa shape index (κ3) is 1.91. The second kappa shape index (κ2) is 4.98. The molecule has 0 atom stereocenters. The first-order valence-corrected chi connectivity index (χ1v) is 9.29. The molecule has 0 aliphatic heterocycles. The molecule has 1 aliphatic carbocycles. The molecule has 1 nitrogen and oxygen atoms in total. The summed E-state index contributed by atoms with van der Waals surface area (Å²) in [4.78, 5) is 0. The van der Waals surface area contributed by atoms with Gasteiger partial charge >= 0.3 is 0 Å². The Bertz CT molecular complexity index is 1340. The van der Waals surface area contributed by atoms with Gasteiger partial charge in [-0.3, -0.25) is 0 Å². The molecule has 1 heteroatoms. The number of phenols is 1. The molecule has 0 spiro atoms. The number of benzene rings is 5. The van der Waals surface area contributed by atoms with E-state index in [2.05, 4.69) is 60.7 Å². The summed E-state index contributed by atoms with van der Waals surface area (Å²) < 4.78 is 0. The van der Waals surface area contributed by atoms with Gasteiger partial charge in [-0.2, -0.15) is 0 Å². The van der Waals surface area contributed by atoms with Crippen molar-refractivity contribution in [1.29, 1.82) is 0 Å². The number of hydrogen-bond acceptors (Lipinski definition) is 1. The summed E-state index contributed by atoms with van der Waals surface area (Å²) in [6.07, 6.45) is 2.55. The first kappa shape index (κ1) is 14.1. The van der Waals surface area contributed by atoms with Crippen molar-refractivity contribution in [3.05, 3.63) is 78.4 Å². The highest BCUT2D eigenvalue weighted by Crippen LogP contribution is 2.46. The summed E-state index contributed by atoms with van der Waals surface area (Å²) in [6, 6.07) is 25.8. The Balaban J connectivity index is 1.84. The van der Waals surface area contributed by atoms with Crippen molar-refractivity contribution in [2.24, 2.45) is 0 Å². The molecule has 1 fully saturated rings. The van der Waals surface area contributed by atoms with Crippen LogP contribution in [0.15, 0.2) is 72.8 Å². The standard InChI is InChI=1S/C25H18O/c26-17-8-10-21-23(16-5-6-16)14-25-20-9-7-15-3-1-2-4-18(15)19(20)11-12-22(25)24(21)13-17/h1-4,7-14,16,26H,5-6H2. The molecule has 124 valence electrons. The first-order valence-electron chi connectivity index (χ1n) is 9.29. The van der Waals surface area contributed by atoms with Gasteiger partial charge in [-0.15, -0.1) is 0 Å². The topological polar surface area (TPSA) is 20.2 Å². The lowest BCUT2D eigenvalue weighted by atomic mass is 9.90. The van der Waals surface area contributed by atoms with Crippen molar-refractivity contribution in [3.8, 4) is 5.75 Å². The number of fused-ring (bicyclic) bond motifs is 7. The Morgan fingerprint density at radius 3 is 2.08 bits per heavy atom. The molecular weight excluding hydrogens is 316 g/mol. The van der Waals surface area contributed by atoms with Crippen LogP contribution < -0.4 is 0 Å². The predicted molar refractivity (Wildman–Crippen MR) is 110 cm³/mol. The van der Waals surface area contributed by atoms with Crippen molar-refractivity contribution in [2.45, 2.75) is 18.8 Å². The zero-order valence-corrected chi connectivity index (χ0v) is 14.4. The number of aromatic hydroxyl groups is 1. The molecule has 5 aromatic carbocycles. The van der Waals surface area contributed by atoms with Gasteiger partial charge in [0.05, 0.1) is 0 Å². The number of phenolic OH excluding ortho intramolecular Hbond substituents is 1. The summed E-state index contributed by atoms with van der Waals surface area (Å²) in [5.41, 5.74) is 1.44. The summed E-state index contributed by atoms with van der Waals surface area (Å²) >= 11 is 0. The molecule has 0 amide bonds. The summed E-state index contributed by atoms with van der Waals surface area (Å²) in [5.74, 6) is 1.01. The van der Waals surface area contributed by atoms with Crippen molar-refractivity contribution in [3.63, 3.8) is 0 Å². The largest absolute Gasteiger partial charge is 0.508 e. The van der Waals surface area contributed by atoms with E-state index < -0.39 is 0 Å². The van der Waals surface area contributed by atoms with Gasteiger partial charge in [0.25, 0.3) is 0 Å². The Hall–Kier alpha value is -3.06. The Kier molecular flexibility index (Phi) is 2.71. The van der Waals surface area contributed by atoms with Crippen LogP contribution in [-0.4, -0.2) is 5.11 Å². The highest BCUT2D eigenvalue weighted by Gasteiger charge is 2.26. The van der Waals surface area contributed by atoms with Crippen LogP contribution in [0.5, 0.6) is 5.75 Å². The third-order valence-electron chi connectivity index (χ3n) is 5.89. The molecule has 1 aliphatic rings. The molecule has 26 heavy (non-hydrogen) atoms. The minimum Gasteiger partial charge on any atom is -0.508 e. The van der Waals surface area contributed by atoms with Gasteiger partial charge in [0.15, 0.2) is 0 Å². The number of hydrogen-bond donors (Lipinski definition) is 1. The van der Waals surface area contributed by atoms with E-state index in [1.54, 1.807) is 0 Å². The number of rotatable bonds is 1. The molecule has 1 N–H and O–H groups in total. The van der Waals surface area contributed by atoms with Gasteiger partial charge in [-0.1, -0.05) is 54.6 Å². The zero-order chi connectivity index (χ0) is 17.3. The fourth-order valence-corrected chi connectivity index (χ4v) is 4.47. The summed E-state index contributed by atoms with van der Waals surface area (Å²) in [5, 5.41) is 20.3. The maximum absolute atomic E-state index is 10.1. The second-order valence-electron chi connectivity index (χ2n) is 7.51. The van der Waals surface area contributed by atoms with Crippen molar-refractivity contribution in [2.75, 3.05) is 0 Å². The van der Waals surface area contributed by atoms with Crippen molar-refractivity contribution in [1.82, 2.24) is 0 Å². The van der Waals surface area contributed by atoms with Crippen LogP contribution in [0, 0.1) is 0 Å². The average molecular weight is 334 g/mol. The van der Waals surface area contributed by atoms with Gasteiger partial charge in [-0.05, 0) is 85.6 Å². The molecule has 0 heterocycles. The Morgan fingerprint density at radius 2 is 1.23 bits per heavy atom. The SMILES string of the molecule is Oc1ccc2c(C3CC3)cc3c(ccc4c5ccccc5ccc43)c2c1. The van der Waals surface area contributed by atoms with Crippen LogP contribution in [0.2, 0.25) is 0 Å². The highest BCUT2D eigenvalue weighted by molar-refractivity contribution is 6.22. The molecule has 6 rings (SSSR count). The highest BCUT2D eigenvalue weighted by atomic mass is 16.3. The molecule has 5 aromatic rings. The van der Waals surface area contributed by atoms with E-state index in [-0.39, 0.29) is 0 Å². The molecule has 0 unspecified atom stereocenters.